The average Bonchev–Trinajstić information content (AvgIpc) is 2.25. The highest BCUT2D eigenvalue weighted by molar-refractivity contribution is 6.01. The van der Waals surface area contributed by atoms with Crippen molar-refractivity contribution in [2.24, 2.45) is 5.73 Å². The quantitative estimate of drug-likeness (QED) is 0.501. The SMILES string of the molecule is NCC(=O)c1cccc(C(F)(F)F)c1[N+](=O)[O-]. The second-order valence-electron chi connectivity index (χ2n) is 3.08. The Morgan fingerprint density at radius 3 is 2.41 bits per heavy atom. The molecule has 0 bridgehead atoms. The van der Waals surface area contributed by atoms with E-state index in [0.717, 1.165) is 12.1 Å². The maximum absolute atomic E-state index is 12.5. The Labute approximate surface area is 93.2 Å². The normalized spacial score (nSPS) is 11.3. The fourth-order valence-electron chi connectivity index (χ4n) is 1.30. The number of carbonyl (C=O) groups excluding carboxylic acids is 1. The van der Waals surface area contributed by atoms with Gasteiger partial charge in [-0.25, -0.2) is 0 Å². The van der Waals surface area contributed by atoms with Gasteiger partial charge in [-0.1, -0.05) is 6.07 Å². The number of nitro groups is 1. The molecule has 1 aromatic carbocycles. The van der Waals surface area contributed by atoms with E-state index in [-0.39, 0.29) is 0 Å². The van der Waals surface area contributed by atoms with Gasteiger partial charge in [-0.05, 0) is 12.1 Å². The van der Waals surface area contributed by atoms with E-state index in [9.17, 15) is 28.1 Å². The van der Waals surface area contributed by atoms with Gasteiger partial charge in [0.1, 0.15) is 5.56 Å². The minimum absolute atomic E-state index is 0.547. The van der Waals surface area contributed by atoms with E-state index in [2.05, 4.69) is 0 Å². The Balaban J connectivity index is 3.54. The van der Waals surface area contributed by atoms with Crippen molar-refractivity contribution in [2.75, 3.05) is 6.54 Å². The summed E-state index contributed by atoms with van der Waals surface area (Å²) in [6.45, 7) is -0.595. The van der Waals surface area contributed by atoms with E-state index < -0.39 is 40.2 Å². The van der Waals surface area contributed by atoms with Crippen LogP contribution in [-0.2, 0) is 6.18 Å². The number of nitrogens with zero attached hydrogens (tertiary/aromatic N) is 1. The van der Waals surface area contributed by atoms with Crippen LogP contribution in [0.15, 0.2) is 18.2 Å². The van der Waals surface area contributed by atoms with Crippen LogP contribution >= 0.6 is 0 Å². The van der Waals surface area contributed by atoms with Gasteiger partial charge < -0.3 is 5.73 Å². The van der Waals surface area contributed by atoms with E-state index in [1.807, 2.05) is 0 Å². The molecule has 1 aromatic rings. The van der Waals surface area contributed by atoms with Gasteiger partial charge in [-0.15, -0.1) is 0 Å². The summed E-state index contributed by atoms with van der Waals surface area (Å²) in [5.41, 5.74) is 1.64. The number of hydrogen-bond acceptors (Lipinski definition) is 4. The van der Waals surface area contributed by atoms with Gasteiger partial charge in [0, 0.05) is 0 Å². The monoisotopic (exact) mass is 248 g/mol. The molecule has 0 radical (unpaired) electrons. The third kappa shape index (κ3) is 2.59. The number of benzene rings is 1. The van der Waals surface area contributed by atoms with Gasteiger partial charge in [-0.3, -0.25) is 14.9 Å². The average molecular weight is 248 g/mol. The first kappa shape index (κ1) is 13.1. The van der Waals surface area contributed by atoms with Crippen molar-refractivity contribution in [3.05, 3.63) is 39.4 Å². The Bertz CT molecular complexity index is 471. The van der Waals surface area contributed by atoms with Crippen molar-refractivity contribution in [3.63, 3.8) is 0 Å². The van der Waals surface area contributed by atoms with Gasteiger partial charge in [0.15, 0.2) is 5.78 Å². The first-order valence-corrected chi connectivity index (χ1v) is 4.37. The highest BCUT2D eigenvalue weighted by Crippen LogP contribution is 2.37. The Kier molecular flexibility index (Phi) is 3.47. The van der Waals surface area contributed by atoms with Crippen LogP contribution in [0.5, 0.6) is 0 Å². The molecule has 2 N–H and O–H groups in total. The summed E-state index contributed by atoms with van der Waals surface area (Å²) in [4.78, 5) is 20.6. The topological polar surface area (TPSA) is 86.2 Å². The number of alkyl halides is 3. The summed E-state index contributed by atoms with van der Waals surface area (Å²) >= 11 is 0. The van der Waals surface area contributed by atoms with Crippen molar-refractivity contribution in [1.29, 1.82) is 0 Å². The second kappa shape index (κ2) is 4.50. The zero-order valence-electron chi connectivity index (χ0n) is 8.32. The molecular formula is C9H7F3N2O3. The van der Waals surface area contributed by atoms with Crippen LogP contribution in [0.1, 0.15) is 15.9 Å². The summed E-state index contributed by atoms with van der Waals surface area (Å²) in [5.74, 6) is -0.914. The lowest BCUT2D eigenvalue weighted by Gasteiger charge is -2.09. The summed E-state index contributed by atoms with van der Waals surface area (Å²) in [6.07, 6.45) is -4.90. The molecule has 0 atom stereocenters. The second-order valence-corrected chi connectivity index (χ2v) is 3.08. The molecule has 8 heteroatoms. The minimum Gasteiger partial charge on any atom is -0.324 e. The highest BCUT2D eigenvalue weighted by atomic mass is 19.4. The van der Waals surface area contributed by atoms with Gasteiger partial charge >= 0.3 is 6.18 Å². The standard InChI is InChI=1S/C9H7F3N2O3/c10-9(11,12)6-3-1-2-5(7(15)4-13)8(6)14(16)17/h1-3H,4,13H2. The lowest BCUT2D eigenvalue weighted by Crippen LogP contribution is -2.18. The molecule has 1 rings (SSSR count). The summed E-state index contributed by atoms with van der Waals surface area (Å²) in [7, 11) is 0. The maximum Gasteiger partial charge on any atom is 0.423 e. The van der Waals surface area contributed by atoms with Gasteiger partial charge in [-0.2, -0.15) is 13.2 Å². The van der Waals surface area contributed by atoms with Crippen LogP contribution in [0.4, 0.5) is 18.9 Å². The summed E-state index contributed by atoms with van der Waals surface area (Å²) < 4.78 is 37.5. The molecular weight excluding hydrogens is 241 g/mol. The fourth-order valence-corrected chi connectivity index (χ4v) is 1.30. The van der Waals surface area contributed by atoms with Crippen molar-refractivity contribution in [3.8, 4) is 0 Å². The van der Waals surface area contributed by atoms with E-state index in [4.69, 9.17) is 5.73 Å². The predicted octanol–water partition coefficient (Wildman–Crippen LogP) is 1.75. The van der Waals surface area contributed by atoms with Crippen LogP contribution in [0.2, 0.25) is 0 Å². The van der Waals surface area contributed by atoms with E-state index >= 15 is 0 Å². The molecule has 0 amide bonds. The van der Waals surface area contributed by atoms with Gasteiger partial charge in [0.25, 0.3) is 5.69 Å². The van der Waals surface area contributed by atoms with Gasteiger partial charge in [0.2, 0.25) is 0 Å². The zero-order valence-corrected chi connectivity index (χ0v) is 8.32. The van der Waals surface area contributed by atoms with Crippen molar-refractivity contribution in [2.45, 2.75) is 6.18 Å². The summed E-state index contributed by atoms with van der Waals surface area (Å²) in [5, 5.41) is 10.6. The smallest absolute Gasteiger partial charge is 0.324 e. The minimum atomic E-state index is -4.90. The van der Waals surface area contributed by atoms with E-state index in [1.165, 1.54) is 0 Å². The molecule has 0 heterocycles. The molecule has 0 fully saturated rings. The molecule has 5 nitrogen and oxygen atoms in total. The number of para-hydroxylation sites is 1. The van der Waals surface area contributed by atoms with Crippen LogP contribution in [-0.4, -0.2) is 17.3 Å². The number of ketones is 1. The zero-order chi connectivity index (χ0) is 13.2. The van der Waals surface area contributed by atoms with Crippen molar-refractivity contribution >= 4 is 11.5 Å². The number of Topliss-reactive ketones (excluding diaryl/α,β-unsaturated/α-hetero) is 1. The van der Waals surface area contributed by atoms with E-state index in [0.29, 0.717) is 6.07 Å². The molecule has 0 aliphatic carbocycles. The molecule has 0 spiro atoms. The summed E-state index contributed by atoms with van der Waals surface area (Å²) in [6, 6.07) is 2.42. The molecule has 0 unspecified atom stereocenters. The number of rotatable bonds is 3. The molecule has 0 aliphatic rings. The third-order valence-electron chi connectivity index (χ3n) is 2.01. The first-order valence-electron chi connectivity index (χ1n) is 4.37. The van der Waals surface area contributed by atoms with Crippen LogP contribution in [0.25, 0.3) is 0 Å². The number of hydrogen-bond donors (Lipinski definition) is 1. The molecule has 17 heavy (non-hydrogen) atoms. The Hall–Kier alpha value is -1.96. The first-order chi connectivity index (χ1) is 7.79. The molecule has 0 aliphatic heterocycles. The molecule has 92 valence electrons. The molecule has 0 saturated heterocycles. The molecule has 0 aromatic heterocycles. The van der Waals surface area contributed by atoms with Crippen LogP contribution < -0.4 is 5.73 Å². The van der Waals surface area contributed by atoms with Crippen molar-refractivity contribution in [1.82, 2.24) is 0 Å². The van der Waals surface area contributed by atoms with Gasteiger partial charge in [0.05, 0.1) is 17.0 Å². The Morgan fingerprint density at radius 1 is 1.41 bits per heavy atom. The third-order valence-corrected chi connectivity index (χ3v) is 2.01. The fraction of sp³-hybridized carbons (Fsp3) is 0.222. The number of nitro benzene ring substituents is 1. The number of carbonyl (C=O) groups is 1. The van der Waals surface area contributed by atoms with E-state index in [1.54, 1.807) is 0 Å². The van der Waals surface area contributed by atoms with Crippen LogP contribution in [0, 0.1) is 10.1 Å². The highest BCUT2D eigenvalue weighted by Gasteiger charge is 2.40. The van der Waals surface area contributed by atoms with Crippen molar-refractivity contribution < 1.29 is 22.9 Å². The maximum atomic E-state index is 12.5. The van der Waals surface area contributed by atoms with Crippen LogP contribution in [0.3, 0.4) is 0 Å². The lowest BCUT2D eigenvalue weighted by molar-refractivity contribution is -0.388. The lowest BCUT2D eigenvalue weighted by atomic mass is 10.0. The number of nitrogens with two attached hydrogens (primary N) is 1. The predicted molar refractivity (Wildman–Crippen MR) is 51.5 cm³/mol. The largest absolute Gasteiger partial charge is 0.423 e. The molecule has 0 saturated carbocycles. The Morgan fingerprint density at radius 2 is 2.00 bits per heavy atom. The number of halogens is 3.